The number of carbonyl (C=O) groups excluding carboxylic acids is 2. The van der Waals surface area contributed by atoms with E-state index in [1.54, 1.807) is 32.9 Å². The molecule has 238 valence electrons. The Morgan fingerprint density at radius 2 is 1.56 bits per heavy atom. The number of methoxy groups -OCH3 is 1. The van der Waals surface area contributed by atoms with Gasteiger partial charge < -0.3 is 19.9 Å². The fourth-order valence-electron chi connectivity index (χ4n) is 4.99. The number of aliphatic hydroxyl groups is 1. The molecule has 2 aromatic rings. The maximum atomic E-state index is 13.6. The molecule has 1 aliphatic heterocycles. The number of aromatic nitrogens is 1. The van der Waals surface area contributed by atoms with Crippen LogP contribution in [0, 0.1) is 0 Å². The molecule has 8 nitrogen and oxygen atoms in total. The molecular formula is C29H35F6N3O5. The largest absolute Gasteiger partial charge is 0.493 e. The second-order valence-electron chi connectivity index (χ2n) is 10.5. The summed E-state index contributed by atoms with van der Waals surface area (Å²) in [6, 6.07) is 4.02. The second-order valence-corrected chi connectivity index (χ2v) is 10.5. The van der Waals surface area contributed by atoms with Crippen molar-refractivity contribution < 1.29 is 50.5 Å². The van der Waals surface area contributed by atoms with Gasteiger partial charge in [-0.15, -0.1) is 0 Å². The van der Waals surface area contributed by atoms with Gasteiger partial charge in [-0.25, -0.2) is 9.78 Å². The van der Waals surface area contributed by atoms with Gasteiger partial charge in [0.25, 0.3) is 11.5 Å². The first-order valence-corrected chi connectivity index (χ1v) is 13.8. The number of benzene rings is 1. The number of ether oxygens (including phenoxy) is 2. The van der Waals surface area contributed by atoms with Crippen LogP contribution in [0.3, 0.4) is 0 Å². The van der Waals surface area contributed by atoms with E-state index in [1.165, 1.54) is 13.3 Å². The van der Waals surface area contributed by atoms with Crippen molar-refractivity contribution in [2.75, 3.05) is 20.3 Å². The van der Waals surface area contributed by atoms with Crippen LogP contribution in [0.15, 0.2) is 30.5 Å². The van der Waals surface area contributed by atoms with Gasteiger partial charge in [-0.2, -0.15) is 26.3 Å². The highest BCUT2D eigenvalue weighted by Gasteiger charge is 2.71. The summed E-state index contributed by atoms with van der Waals surface area (Å²) in [7, 11) is 1.45. The van der Waals surface area contributed by atoms with Crippen LogP contribution in [0.4, 0.5) is 31.1 Å². The number of unbranched alkanes of at least 4 members (excludes halogenated alkanes) is 1. The lowest BCUT2D eigenvalue weighted by molar-refractivity contribution is -0.376. The molecule has 2 heterocycles. The highest BCUT2D eigenvalue weighted by atomic mass is 19.4. The molecular weight excluding hydrogens is 584 g/mol. The summed E-state index contributed by atoms with van der Waals surface area (Å²) in [6.45, 7) is 5.07. The second kappa shape index (κ2) is 13.0. The average Bonchev–Trinajstić information content (AvgIpc) is 3.15. The third kappa shape index (κ3) is 6.68. The van der Waals surface area contributed by atoms with Crippen molar-refractivity contribution in [2.45, 2.75) is 82.8 Å². The smallest absolute Gasteiger partial charge is 0.430 e. The molecule has 3 amide bonds. The Bertz CT molecular complexity index is 1260. The van der Waals surface area contributed by atoms with Crippen LogP contribution in [0.1, 0.15) is 68.7 Å². The highest BCUT2D eigenvalue weighted by molar-refractivity contribution is 6.07. The van der Waals surface area contributed by atoms with Gasteiger partial charge in [-0.05, 0) is 61.9 Å². The van der Waals surface area contributed by atoms with Crippen LogP contribution in [-0.4, -0.2) is 59.5 Å². The minimum Gasteiger partial charge on any atom is -0.493 e. The van der Waals surface area contributed by atoms with Gasteiger partial charge in [-0.1, -0.05) is 26.7 Å². The third-order valence-corrected chi connectivity index (χ3v) is 7.34. The van der Waals surface area contributed by atoms with E-state index in [9.17, 15) is 41.0 Å². The molecule has 43 heavy (non-hydrogen) atoms. The minimum absolute atomic E-state index is 0.0267. The quantitative estimate of drug-likeness (QED) is 0.164. The van der Waals surface area contributed by atoms with Gasteiger partial charge in [0, 0.05) is 29.9 Å². The van der Waals surface area contributed by atoms with Crippen molar-refractivity contribution in [3.8, 4) is 11.6 Å². The number of urea groups is 1. The Hall–Kier alpha value is -3.55. The lowest BCUT2D eigenvalue weighted by Crippen LogP contribution is -2.54. The number of hydrogen-bond donors (Lipinski definition) is 2. The standard InChI is InChI=1S/C29H35F6N3O5/c1-5-9-18-15-21(27(41,28(30,31)32)29(33,34)35)16-19(10-6-2)23(18)43-14-8-7-13-38-24(39)26(3,37-25(38)40)20-11-12-22(42-4)36-17-20/h11-12,15-17,41H,5-10,13-14H2,1-4H3,(H,37,40). The summed E-state index contributed by atoms with van der Waals surface area (Å²) in [6.07, 6.45) is -8.88. The number of pyridine rings is 1. The predicted octanol–water partition coefficient (Wildman–Crippen LogP) is 5.93. The maximum absolute atomic E-state index is 13.6. The van der Waals surface area contributed by atoms with E-state index in [0.717, 1.165) is 4.90 Å². The van der Waals surface area contributed by atoms with Gasteiger partial charge in [0.15, 0.2) is 0 Å². The van der Waals surface area contributed by atoms with Crippen LogP contribution >= 0.6 is 0 Å². The number of alkyl halides is 6. The first-order chi connectivity index (χ1) is 20.0. The lowest BCUT2D eigenvalue weighted by atomic mass is 9.87. The third-order valence-electron chi connectivity index (χ3n) is 7.34. The zero-order valence-corrected chi connectivity index (χ0v) is 24.3. The van der Waals surface area contributed by atoms with Crippen molar-refractivity contribution in [1.82, 2.24) is 15.2 Å². The monoisotopic (exact) mass is 619 g/mol. The van der Waals surface area contributed by atoms with Crippen molar-refractivity contribution in [1.29, 1.82) is 0 Å². The summed E-state index contributed by atoms with van der Waals surface area (Å²) in [5.74, 6) is 0.0446. The van der Waals surface area contributed by atoms with E-state index < -0.39 is 41.0 Å². The van der Waals surface area contributed by atoms with Crippen LogP contribution in [0.2, 0.25) is 0 Å². The molecule has 14 heteroatoms. The van der Waals surface area contributed by atoms with Crippen molar-refractivity contribution in [2.24, 2.45) is 0 Å². The Balaban J connectivity index is 1.74. The van der Waals surface area contributed by atoms with E-state index in [4.69, 9.17) is 9.47 Å². The fraction of sp³-hybridized carbons (Fsp3) is 0.552. The number of rotatable bonds is 13. The number of halogens is 6. The minimum atomic E-state index is -6.00. The molecule has 0 bridgehead atoms. The molecule has 1 aromatic carbocycles. The van der Waals surface area contributed by atoms with Crippen LogP contribution in [0.25, 0.3) is 0 Å². The van der Waals surface area contributed by atoms with E-state index in [1.807, 2.05) is 0 Å². The molecule has 1 fully saturated rings. The fourth-order valence-corrected chi connectivity index (χ4v) is 4.99. The summed E-state index contributed by atoms with van der Waals surface area (Å²) in [4.78, 5) is 30.9. The Kier molecular flexibility index (Phi) is 10.2. The maximum Gasteiger partial charge on any atom is 0.430 e. The molecule has 2 N–H and O–H groups in total. The zero-order chi connectivity index (χ0) is 32.2. The topological polar surface area (TPSA) is 101 Å². The zero-order valence-electron chi connectivity index (χ0n) is 24.3. The molecule has 0 radical (unpaired) electrons. The average molecular weight is 620 g/mol. The van der Waals surface area contributed by atoms with E-state index in [0.29, 0.717) is 49.3 Å². The summed E-state index contributed by atoms with van der Waals surface area (Å²) in [5.41, 5.74) is -6.96. The highest BCUT2D eigenvalue weighted by Crippen LogP contribution is 2.51. The van der Waals surface area contributed by atoms with Crippen molar-refractivity contribution >= 4 is 11.9 Å². The van der Waals surface area contributed by atoms with Crippen LogP contribution < -0.4 is 14.8 Å². The number of carbonyl (C=O) groups is 2. The van der Waals surface area contributed by atoms with Gasteiger partial charge in [0.2, 0.25) is 5.88 Å². The van der Waals surface area contributed by atoms with Crippen LogP contribution in [-0.2, 0) is 28.8 Å². The van der Waals surface area contributed by atoms with Gasteiger partial charge in [-0.3, -0.25) is 9.69 Å². The van der Waals surface area contributed by atoms with Gasteiger partial charge >= 0.3 is 18.4 Å². The number of nitrogens with zero attached hydrogens (tertiary/aromatic N) is 2. The first kappa shape index (κ1) is 33.9. The van der Waals surface area contributed by atoms with Crippen molar-refractivity contribution in [3.05, 3.63) is 52.7 Å². The lowest BCUT2D eigenvalue weighted by Gasteiger charge is -2.33. The predicted molar refractivity (Wildman–Crippen MR) is 144 cm³/mol. The molecule has 0 aliphatic carbocycles. The number of imide groups is 1. The first-order valence-electron chi connectivity index (χ1n) is 13.8. The molecule has 1 unspecified atom stereocenters. The molecule has 1 atom stereocenters. The van der Waals surface area contributed by atoms with E-state index in [-0.39, 0.29) is 42.9 Å². The van der Waals surface area contributed by atoms with E-state index >= 15 is 0 Å². The molecule has 1 aliphatic rings. The summed E-state index contributed by atoms with van der Waals surface area (Å²) >= 11 is 0. The number of hydrogen-bond acceptors (Lipinski definition) is 6. The summed E-state index contributed by atoms with van der Waals surface area (Å²) in [5, 5.41) is 12.7. The molecule has 1 aromatic heterocycles. The van der Waals surface area contributed by atoms with Gasteiger partial charge in [0.05, 0.1) is 13.7 Å². The van der Waals surface area contributed by atoms with Gasteiger partial charge in [0.1, 0.15) is 11.3 Å². The molecule has 1 saturated heterocycles. The normalized spacial score (nSPS) is 17.8. The SMILES string of the molecule is CCCc1cc(C(O)(C(F)(F)F)C(F)(F)F)cc(CCC)c1OCCCCN1C(=O)NC(C)(c2ccc(OC)nc2)C1=O. The Morgan fingerprint density at radius 3 is 2.02 bits per heavy atom. The molecule has 3 rings (SSSR count). The van der Waals surface area contributed by atoms with Crippen LogP contribution in [0.5, 0.6) is 11.6 Å². The van der Waals surface area contributed by atoms with Crippen molar-refractivity contribution in [3.63, 3.8) is 0 Å². The Labute approximate surface area is 245 Å². The number of aryl methyl sites for hydroxylation is 2. The Morgan fingerprint density at radius 1 is 0.977 bits per heavy atom. The number of amides is 3. The molecule has 0 saturated carbocycles. The molecule has 0 spiro atoms. The summed E-state index contributed by atoms with van der Waals surface area (Å²) < 4.78 is 92.5. The number of nitrogens with one attached hydrogen (secondary N) is 1. The van der Waals surface area contributed by atoms with E-state index in [2.05, 4.69) is 10.3 Å².